The van der Waals surface area contributed by atoms with Crippen molar-refractivity contribution in [2.45, 2.75) is 13.0 Å². The molecule has 0 aliphatic carbocycles. The molecule has 150 valence electrons. The quantitative estimate of drug-likeness (QED) is 0.453. The summed E-state index contributed by atoms with van der Waals surface area (Å²) in [7, 11) is 0. The highest BCUT2D eigenvalue weighted by Crippen LogP contribution is 2.22. The first-order valence-electron chi connectivity index (χ1n) is 9.76. The first kappa shape index (κ1) is 19.8. The predicted octanol–water partition coefficient (Wildman–Crippen LogP) is 3.69. The van der Waals surface area contributed by atoms with Gasteiger partial charge in [-0.3, -0.25) is 9.78 Å². The summed E-state index contributed by atoms with van der Waals surface area (Å²) in [4.78, 5) is 17.4. The molecule has 30 heavy (non-hydrogen) atoms. The topological polar surface area (TPSA) is 72.9 Å². The van der Waals surface area contributed by atoms with E-state index in [1.54, 1.807) is 12.4 Å². The summed E-state index contributed by atoms with van der Waals surface area (Å²) in [5.41, 5.74) is 10.4. The van der Waals surface area contributed by atoms with Gasteiger partial charge >= 0.3 is 0 Å². The number of nitrogens with one attached hydrogen (secondary N) is 1. The smallest absolute Gasteiger partial charge is 0.267 e. The summed E-state index contributed by atoms with van der Waals surface area (Å²) in [5.74, 6) is -0.0919. The Morgan fingerprint density at radius 3 is 2.60 bits per heavy atom. The van der Waals surface area contributed by atoms with E-state index in [-0.39, 0.29) is 5.91 Å². The van der Waals surface area contributed by atoms with Crippen molar-refractivity contribution in [2.24, 2.45) is 5.73 Å². The molecule has 5 nitrogen and oxygen atoms in total. The maximum Gasteiger partial charge on any atom is 0.267 e. The number of carbonyl (C=O) groups is 1. The molecule has 0 aliphatic rings. The molecule has 0 aliphatic heterocycles. The zero-order valence-corrected chi connectivity index (χ0v) is 17.2. The van der Waals surface area contributed by atoms with Crippen LogP contribution in [-0.4, -0.2) is 27.0 Å². The standard InChI is InChI=1S/C24H22N4OS/c25-23(30)20-6-3-4-18(14-20)16-28-21-7-2-1-5-19(21)15-22(28)24(29)27-13-10-17-8-11-26-12-9-17/h1-9,11-12,14-15H,10,13,16H2,(H2,25,30)(H,27,29). The zero-order valence-electron chi connectivity index (χ0n) is 16.4. The lowest BCUT2D eigenvalue weighted by molar-refractivity contribution is 0.0946. The number of benzene rings is 2. The van der Waals surface area contributed by atoms with Gasteiger partial charge in [-0.2, -0.15) is 0 Å². The van der Waals surface area contributed by atoms with Gasteiger partial charge in [-0.15, -0.1) is 0 Å². The number of nitrogens with two attached hydrogens (primary N) is 1. The number of hydrogen-bond acceptors (Lipinski definition) is 3. The van der Waals surface area contributed by atoms with Gasteiger partial charge in [0.05, 0.1) is 0 Å². The summed E-state index contributed by atoms with van der Waals surface area (Å²) >= 11 is 5.11. The maximum atomic E-state index is 13.0. The molecule has 2 aromatic heterocycles. The Kier molecular flexibility index (Phi) is 5.86. The van der Waals surface area contributed by atoms with Crippen LogP contribution in [0.4, 0.5) is 0 Å². The van der Waals surface area contributed by atoms with Gasteiger partial charge in [0, 0.05) is 41.9 Å². The molecule has 4 rings (SSSR count). The molecule has 0 atom stereocenters. The number of rotatable bonds is 7. The Balaban J connectivity index is 1.59. The van der Waals surface area contributed by atoms with Gasteiger partial charge < -0.3 is 15.6 Å². The van der Waals surface area contributed by atoms with Gasteiger partial charge in [0.2, 0.25) is 0 Å². The minimum Gasteiger partial charge on any atom is -0.389 e. The fraction of sp³-hybridized carbons (Fsp3) is 0.125. The zero-order chi connectivity index (χ0) is 20.9. The van der Waals surface area contributed by atoms with E-state index >= 15 is 0 Å². The first-order chi connectivity index (χ1) is 14.6. The Bertz CT molecular complexity index is 1200. The largest absolute Gasteiger partial charge is 0.389 e. The van der Waals surface area contributed by atoms with Crippen molar-refractivity contribution >= 4 is 34.0 Å². The van der Waals surface area contributed by atoms with Crippen molar-refractivity contribution in [2.75, 3.05) is 6.54 Å². The lowest BCUT2D eigenvalue weighted by atomic mass is 10.1. The van der Waals surface area contributed by atoms with Crippen molar-refractivity contribution in [3.05, 3.63) is 102 Å². The molecule has 4 aromatic rings. The number of para-hydroxylation sites is 1. The minimum atomic E-state index is -0.0919. The van der Waals surface area contributed by atoms with E-state index < -0.39 is 0 Å². The second-order valence-electron chi connectivity index (χ2n) is 7.10. The molecular formula is C24H22N4OS. The molecule has 2 heterocycles. The average molecular weight is 415 g/mol. The average Bonchev–Trinajstić information content (AvgIpc) is 3.13. The summed E-state index contributed by atoms with van der Waals surface area (Å²) < 4.78 is 2.04. The monoisotopic (exact) mass is 414 g/mol. The fourth-order valence-electron chi connectivity index (χ4n) is 3.53. The summed E-state index contributed by atoms with van der Waals surface area (Å²) in [5, 5.41) is 4.07. The fourth-order valence-corrected chi connectivity index (χ4v) is 3.66. The van der Waals surface area contributed by atoms with Gasteiger partial charge in [-0.1, -0.05) is 48.6 Å². The Hall–Kier alpha value is -3.51. The predicted molar refractivity (Wildman–Crippen MR) is 124 cm³/mol. The molecule has 0 fully saturated rings. The van der Waals surface area contributed by atoms with Crippen LogP contribution < -0.4 is 11.1 Å². The summed E-state index contributed by atoms with van der Waals surface area (Å²) in [6.45, 7) is 1.11. The van der Waals surface area contributed by atoms with E-state index in [9.17, 15) is 4.79 Å². The lowest BCUT2D eigenvalue weighted by Crippen LogP contribution is -2.28. The van der Waals surface area contributed by atoms with Crippen LogP contribution in [0.5, 0.6) is 0 Å². The first-order valence-corrected chi connectivity index (χ1v) is 10.2. The van der Waals surface area contributed by atoms with Crippen molar-refractivity contribution < 1.29 is 4.79 Å². The SMILES string of the molecule is NC(=S)c1cccc(Cn2c(C(=O)NCCc3ccncc3)cc3ccccc32)c1. The number of thiocarbonyl (C=S) groups is 1. The summed E-state index contributed by atoms with van der Waals surface area (Å²) in [6, 6.07) is 21.7. The van der Waals surface area contributed by atoms with Crippen LogP contribution in [0.25, 0.3) is 10.9 Å². The number of aromatic nitrogens is 2. The van der Waals surface area contributed by atoms with Crippen molar-refractivity contribution in [3.63, 3.8) is 0 Å². The Morgan fingerprint density at radius 2 is 1.80 bits per heavy atom. The Labute approximate surface area is 180 Å². The molecule has 0 saturated heterocycles. The minimum absolute atomic E-state index is 0.0919. The van der Waals surface area contributed by atoms with E-state index in [0.29, 0.717) is 23.8 Å². The van der Waals surface area contributed by atoms with Crippen LogP contribution >= 0.6 is 12.2 Å². The highest BCUT2D eigenvalue weighted by atomic mass is 32.1. The third kappa shape index (κ3) is 4.39. The van der Waals surface area contributed by atoms with Gasteiger partial charge in [0.1, 0.15) is 10.7 Å². The summed E-state index contributed by atoms with van der Waals surface area (Å²) in [6.07, 6.45) is 4.27. The molecule has 3 N–H and O–H groups in total. The van der Waals surface area contributed by atoms with Crippen molar-refractivity contribution in [3.8, 4) is 0 Å². The van der Waals surface area contributed by atoms with Crippen LogP contribution in [0.2, 0.25) is 0 Å². The van der Waals surface area contributed by atoms with E-state index in [1.807, 2.05) is 71.3 Å². The second-order valence-corrected chi connectivity index (χ2v) is 7.54. The number of nitrogens with zero attached hydrogens (tertiary/aromatic N) is 2. The third-order valence-electron chi connectivity index (χ3n) is 5.04. The van der Waals surface area contributed by atoms with E-state index in [1.165, 1.54) is 0 Å². The normalized spacial score (nSPS) is 10.8. The number of hydrogen-bond donors (Lipinski definition) is 2. The Morgan fingerprint density at radius 1 is 1.00 bits per heavy atom. The molecule has 6 heteroatoms. The van der Waals surface area contributed by atoms with E-state index in [4.69, 9.17) is 18.0 Å². The van der Waals surface area contributed by atoms with Crippen LogP contribution in [0, 0.1) is 0 Å². The van der Waals surface area contributed by atoms with E-state index in [2.05, 4.69) is 10.3 Å². The second kappa shape index (κ2) is 8.88. The highest BCUT2D eigenvalue weighted by molar-refractivity contribution is 7.80. The van der Waals surface area contributed by atoms with E-state index in [0.717, 1.165) is 34.0 Å². The van der Waals surface area contributed by atoms with Gasteiger partial charge in [0.15, 0.2) is 0 Å². The van der Waals surface area contributed by atoms with Gasteiger partial charge in [-0.05, 0) is 47.9 Å². The number of pyridine rings is 1. The molecule has 0 unspecified atom stereocenters. The van der Waals surface area contributed by atoms with Crippen LogP contribution in [0.1, 0.15) is 27.2 Å². The number of carbonyl (C=O) groups excluding carboxylic acids is 1. The number of fused-ring (bicyclic) bond motifs is 1. The van der Waals surface area contributed by atoms with Gasteiger partial charge in [-0.25, -0.2) is 0 Å². The molecule has 1 amide bonds. The molecule has 0 bridgehead atoms. The van der Waals surface area contributed by atoms with Crippen LogP contribution in [0.15, 0.2) is 79.1 Å². The highest BCUT2D eigenvalue weighted by Gasteiger charge is 2.16. The lowest BCUT2D eigenvalue weighted by Gasteiger charge is -2.12. The van der Waals surface area contributed by atoms with Gasteiger partial charge in [0.25, 0.3) is 5.91 Å². The maximum absolute atomic E-state index is 13.0. The van der Waals surface area contributed by atoms with Crippen molar-refractivity contribution in [1.82, 2.24) is 14.9 Å². The molecule has 0 saturated carbocycles. The number of amides is 1. The molecular weight excluding hydrogens is 392 g/mol. The third-order valence-corrected chi connectivity index (χ3v) is 5.28. The molecule has 0 radical (unpaired) electrons. The molecule has 0 spiro atoms. The van der Waals surface area contributed by atoms with Crippen LogP contribution in [0.3, 0.4) is 0 Å². The van der Waals surface area contributed by atoms with Crippen molar-refractivity contribution in [1.29, 1.82) is 0 Å². The molecule has 2 aromatic carbocycles. The van der Waals surface area contributed by atoms with Crippen LogP contribution in [-0.2, 0) is 13.0 Å².